The largest absolute Gasteiger partial charge is 0.336 e. The van der Waals surface area contributed by atoms with E-state index in [2.05, 4.69) is 47.4 Å². The van der Waals surface area contributed by atoms with Crippen molar-refractivity contribution in [2.45, 2.75) is 13.8 Å². The maximum atomic E-state index is 12.4. The summed E-state index contributed by atoms with van der Waals surface area (Å²) in [6.07, 6.45) is 0. The summed E-state index contributed by atoms with van der Waals surface area (Å²) in [4.78, 5) is 16.8. The Bertz CT molecular complexity index is 439. The molecule has 18 heavy (non-hydrogen) atoms. The van der Waals surface area contributed by atoms with Crippen LogP contribution in [0.2, 0.25) is 0 Å². The van der Waals surface area contributed by atoms with Gasteiger partial charge in [0.15, 0.2) is 0 Å². The molecule has 1 amide bonds. The predicted molar refractivity (Wildman–Crippen MR) is 81.9 cm³/mol. The van der Waals surface area contributed by atoms with Crippen LogP contribution in [0.5, 0.6) is 0 Å². The van der Waals surface area contributed by atoms with Crippen molar-refractivity contribution in [1.82, 2.24) is 9.80 Å². The van der Waals surface area contributed by atoms with Gasteiger partial charge in [-0.3, -0.25) is 4.79 Å². The van der Waals surface area contributed by atoms with Crippen molar-refractivity contribution in [2.75, 3.05) is 32.7 Å². The molecule has 1 aliphatic rings. The van der Waals surface area contributed by atoms with Crippen LogP contribution in [-0.2, 0) is 0 Å². The predicted octanol–water partition coefficient (Wildman–Crippen LogP) is 2.38. The molecule has 0 radical (unpaired) electrons. The van der Waals surface area contributed by atoms with Gasteiger partial charge in [-0.15, -0.1) is 0 Å². The molecule has 0 N–H and O–H groups in total. The quantitative estimate of drug-likeness (QED) is 0.758. The molecule has 1 aromatic carbocycles. The zero-order valence-corrected chi connectivity index (χ0v) is 13.1. The molecule has 4 heteroatoms. The minimum Gasteiger partial charge on any atom is -0.336 e. The number of amides is 1. The number of hydrogen-bond donors (Lipinski definition) is 0. The van der Waals surface area contributed by atoms with Crippen molar-refractivity contribution in [3.05, 3.63) is 32.9 Å². The normalized spacial score (nSPS) is 16.9. The molecule has 0 bridgehead atoms. The topological polar surface area (TPSA) is 23.6 Å². The molecule has 1 heterocycles. The molecule has 0 unspecified atom stereocenters. The lowest BCUT2D eigenvalue weighted by Gasteiger charge is -2.34. The van der Waals surface area contributed by atoms with Crippen LogP contribution in [0.4, 0.5) is 0 Å². The first kappa shape index (κ1) is 13.8. The van der Waals surface area contributed by atoms with Crippen LogP contribution in [0.1, 0.15) is 22.8 Å². The first-order chi connectivity index (χ1) is 8.61. The number of piperazine rings is 1. The fourth-order valence-electron chi connectivity index (χ4n) is 2.23. The Hall–Kier alpha value is -0.620. The van der Waals surface area contributed by atoms with Crippen LogP contribution in [0.25, 0.3) is 0 Å². The second-order valence-electron chi connectivity index (χ2n) is 4.71. The van der Waals surface area contributed by atoms with Gasteiger partial charge in [0.1, 0.15) is 0 Å². The van der Waals surface area contributed by atoms with Gasteiger partial charge in [-0.2, -0.15) is 0 Å². The summed E-state index contributed by atoms with van der Waals surface area (Å²) in [6, 6.07) is 6.03. The number of nitrogens with zero attached hydrogens (tertiary/aromatic N) is 2. The van der Waals surface area contributed by atoms with Gasteiger partial charge in [-0.1, -0.05) is 18.6 Å². The van der Waals surface area contributed by atoms with E-state index in [0.717, 1.165) is 41.9 Å². The van der Waals surface area contributed by atoms with Crippen LogP contribution in [0, 0.1) is 10.5 Å². The Kier molecular flexibility index (Phi) is 4.61. The van der Waals surface area contributed by atoms with Crippen molar-refractivity contribution in [3.8, 4) is 0 Å². The van der Waals surface area contributed by atoms with Crippen LogP contribution < -0.4 is 0 Å². The molecule has 0 atom stereocenters. The summed E-state index contributed by atoms with van der Waals surface area (Å²) >= 11 is 2.25. The summed E-state index contributed by atoms with van der Waals surface area (Å²) in [6.45, 7) is 8.96. The highest BCUT2D eigenvalue weighted by molar-refractivity contribution is 14.1. The number of likely N-dealkylation sites (N-methyl/N-ethyl adjacent to an activating group) is 1. The van der Waals surface area contributed by atoms with Gasteiger partial charge in [0.25, 0.3) is 5.91 Å². The highest BCUT2D eigenvalue weighted by Gasteiger charge is 2.22. The van der Waals surface area contributed by atoms with Gasteiger partial charge >= 0.3 is 0 Å². The van der Waals surface area contributed by atoms with Crippen LogP contribution in [-0.4, -0.2) is 48.4 Å². The van der Waals surface area contributed by atoms with Gasteiger partial charge in [-0.05, 0) is 48.2 Å². The summed E-state index contributed by atoms with van der Waals surface area (Å²) < 4.78 is 1.05. The molecule has 1 aliphatic heterocycles. The number of carbonyl (C=O) groups excluding carboxylic acids is 1. The van der Waals surface area contributed by atoms with Crippen molar-refractivity contribution in [1.29, 1.82) is 0 Å². The minimum atomic E-state index is 0.176. The number of rotatable bonds is 2. The average molecular weight is 358 g/mol. The van der Waals surface area contributed by atoms with E-state index >= 15 is 0 Å². The molecule has 2 rings (SSSR count). The van der Waals surface area contributed by atoms with Crippen LogP contribution >= 0.6 is 22.6 Å². The lowest BCUT2D eigenvalue weighted by Crippen LogP contribution is -2.48. The van der Waals surface area contributed by atoms with E-state index in [4.69, 9.17) is 0 Å². The van der Waals surface area contributed by atoms with Gasteiger partial charge in [0, 0.05) is 29.7 Å². The number of benzene rings is 1. The Morgan fingerprint density at radius 1 is 1.28 bits per heavy atom. The van der Waals surface area contributed by atoms with E-state index in [0.29, 0.717) is 0 Å². The molecular weight excluding hydrogens is 339 g/mol. The fourth-order valence-corrected chi connectivity index (χ4v) is 3.13. The summed E-state index contributed by atoms with van der Waals surface area (Å²) in [5, 5.41) is 0. The van der Waals surface area contributed by atoms with Gasteiger partial charge < -0.3 is 9.80 Å². The second-order valence-corrected chi connectivity index (χ2v) is 5.87. The third kappa shape index (κ3) is 3.03. The molecule has 0 saturated carbocycles. The smallest absolute Gasteiger partial charge is 0.255 e. The second kappa shape index (κ2) is 6.02. The van der Waals surface area contributed by atoms with Crippen molar-refractivity contribution < 1.29 is 4.79 Å². The molecule has 98 valence electrons. The number of halogens is 1. The molecule has 1 fully saturated rings. The van der Waals surface area contributed by atoms with Crippen LogP contribution in [0.15, 0.2) is 18.2 Å². The van der Waals surface area contributed by atoms with E-state index in [1.807, 2.05) is 17.0 Å². The summed E-state index contributed by atoms with van der Waals surface area (Å²) in [5.41, 5.74) is 2.04. The van der Waals surface area contributed by atoms with Crippen molar-refractivity contribution >= 4 is 28.5 Å². The Balaban J connectivity index is 2.08. The fraction of sp³-hybridized carbons (Fsp3) is 0.500. The zero-order valence-electron chi connectivity index (χ0n) is 10.9. The molecule has 0 spiro atoms. The molecular formula is C14H19IN2O. The maximum Gasteiger partial charge on any atom is 0.255 e. The minimum absolute atomic E-state index is 0.176. The number of carbonyl (C=O) groups is 1. The van der Waals surface area contributed by atoms with Gasteiger partial charge in [0.2, 0.25) is 0 Å². The van der Waals surface area contributed by atoms with E-state index < -0.39 is 0 Å². The van der Waals surface area contributed by atoms with Crippen LogP contribution in [0.3, 0.4) is 0 Å². The van der Waals surface area contributed by atoms with E-state index in [1.54, 1.807) is 0 Å². The standard InChI is InChI=1S/C14H19IN2O/c1-3-16-6-8-17(9-7-16)14(18)12-5-4-11(2)10-13(12)15/h4-5,10H,3,6-9H2,1-2H3. The monoisotopic (exact) mass is 358 g/mol. The third-order valence-corrected chi connectivity index (χ3v) is 4.35. The highest BCUT2D eigenvalue weighted by Crippen LogP contribution is 2.17. The first-order valence-electron chi connectivity index (χ1n) is 6.39. The summed E-state index contributed by atoms with van der Waals surface area (Å²) in [5.74, 6) is 0.176. The van der Waals surface area contributed by atoms with E-state index in [9.17, 15) is 4.79 Å². The van der Waals surface area contributed by atoms with Gasteiger partial charge in [0.05, 0.1) is 5.56 Å². The zero-order chi connectivity index (χ0) is 13.1. The third-order valence-electron chi connectivity index (χ3n) is 3.46. The molecule has 0 aromatic heterocycles. The summed E-state index contributed by atoms with van der Waals surface area (Å²) in [7, 11) is 0. The lowest BCUT2D eigenvalue weighted by molar-refractivity contribution is 0.0642. The Morgan fingerprint density at radius 3 is 2.50 bits per heavy atom. The number of aryl methyl sites for hydroxylation is 1. The van der Waals surface area contributed by atoms with Gasteiger partial charge in [-0.25, -0.2) is 0 Å². The Labute approximate surface area is 122 Å². The number of hydrogen-bond acceptors (Lipinski definition) is 2. The average Bonchev–Trinajstić information content (AvgIpc) is 2.38. The molecule has 1 aromatic rings. The maximum absolute atomic E-state index is 12.4. The van der Waals surface area contributed by atoms with E-state index in [-0.39, 0.29) is 5.91 Å². The first-order valence-corrected chi connectivity index (χ1v) is 7.47. The Morgan fingerprint density at radius 2 is 1.94 bits per heavy atom. The van der Waals surface area contributed by atoms with Crippen molar-refractivity contribution in [2.24, 2.45) is 0 Å². The molecule has 0 aliphatic carbocycles. The molecule has 3 nitrogen and oxygen atoms in total. The van der Waals surface area contributed by atoms with Crippen molar-refractivity contribution in [3.63, 3.8) is 0 Å². The SMILES string of the molecule is CCN1CCN(C(=O)c2ccc(C)cc2I)CC1. The highest BCUT2D eigenvalue weighted by atomic mass is 127. The molecule has 1 saturated heterocycles. The lowest BCUT2D eigenvalue weighted by atomic mass is 10.1. The van der Waals surface area contributed by atoms with E-state index in [1.165, 1.54) is 5.56 Å².